The van der Waals surface area contributed by atoms with Crippen LogP contribution in [0.2, 0.25) is 0 Å². The highest BCUT2D eigenvalue weighted by molar-refractivity contribution is 5.70. The quantitative estimate of drug-likeness (QED) is 0.752. The number of rotatable bonds is 1. The van der Waals surface area contributed by atoms with Crippen molar-refractivity contribution < 1.29 is 9.53 Å². The zero-order valence-electron chi connectivity index (χ0n) is 10.6. The smallest absolute Gasteiger partial charge is 0.407 e. The number of likely N-dealkylation sites (tertiary alicyclic amines) is 1. The Labute approximate surface area is 101 Å². The first-order chi connectivity index (χ1) is 7.97. The van der Waals surface area contributed by atoms with Gasteiger partial charge in [-0.05, 0) is 33.6 Å². The summed E-state index contributed by atoms with van der Waals surface area (Å²) >= 11 is 0. The number of carbonyl (C=O) groups excluding carboxylic acids is 1. The lowest BCUT2D eigenvalue weighted by Crippen LogP contribution is -2.30. The fraction of sp³-hybridized carbons (Fsp3) is 0.667. The molecule has 5 nitrogen and oxygen atoms in total. The molecule has 1 fully saturated rings. The fourth-order valence-electron chi connectivity index (χ4n) is 1.79. The van der Waals surface area contributed by atoms with Crippen molar-refractivity contribution in [3.63, 3.8) is 0 Å². The molecule has 1 aliphatic rings. The van der Waals surface area contributed by atoms with Gasteiger partial charge in [0.15, 0.2) is 5.75 Å². The van der Waals surface area contributed by atoms with Crippen LogP contribution in [0, 0.1) is 0 Å². The summed E-state index contributed by atoms with van der Waals surface area (Å²) in [6.07, 6.45) is 5.20. The highest BCUT2D eigenvalue weighted by Gasteiger charge is 2.21. The van der Waals surface area contributed by atoms with Gasteiger partial charge in [0.05, 0.1) is 17.9 Å². The van der Waals surface area contributed by atoms with Crippen LogP contribution in [-0.2, 0) is 5.54 Å². The average molecular weight is 237 g/mol. The second-order valence-corrected chi connectivity index (χ2v) is 5.35. The van der Waals surface area contributed by atoms with Gasteiger partial charge in [-0.2, -0.15) is 5.10 Å². The molecule has 1 saturated heterocycles. The van der Waals surface area contributed by atoms with E-state index in [0.29, 0.717) is 5.75 Å². The summed E-state index contributed by atoms with van der Waals surface area (Å²) in [5.74, 6) is 0.511. The third-order valence-corrected chi connectivity index (χ3v) is 2.82. The maximum absolute atomic E-state index is 11.7. The van der Waals surface area contributed by atoms with E-state index in [1.807, 2.05) is 20.8 Å². The van der Waals surface area contributed by atoms with Gasteiger partial charge >= 0.3 is 6.09 Å². The Hall–Kier alpha value is -1.52. The zero-order chi connectivity index (χ0) is 12.5. The molecule has 0 bridgehead atoms. The monoisotopic (exact) mass is 237 g/mol. The number of aromatic nitrogens is 2. The van der Waals surface area contributed by atoms with Crippen LogP contribution >= 0.6 is 0 Å². The Morgan fingerprint density at radius 2 is 2.00 bits per heavy atom. The number of nitrogens with zero attached hydrogens (tertiary/aromatic N) is 3. The summed E-state index contributed by atoms with van der Waals surface area (Å²) in [5.41, 5.74) is -0.0989. The van der Waals surface area contributed by atoms with Crippen LogP contribution in [0.3, 0.4) is 0 Å². The molecule has 2 heterocycles. The Balaban J connectivity index is 1.99. The van der Waals surface area contributed by atoms with Crippen LogP contribution < -0.4 is 4.74 Å². The molecule has 0 aromatic carbocycles. The lowest BCUT2D eigenvalue weighted by Gasteiger charge is -2.18. The van der Waals surface area contributed by atoms with Gasteiger partial charge in [0, 0.05) is 13.1 Å². The van der Waals surface area contributed by atoms with Gasteiger partial charge in [-0.1, -0.05) is 0 Å². The van der Waals surface area contributed by atoms with E-state index in [4.69, 9.17) is 4.74 Å². The normalized spacial score (nSPS) is 16.3. The van der Waals surface area contributed by atoms with E-state index < -0.39 is 0 Å². The van der Waals surface area contributed by atoms with Crippen LogP contribution in [-0.4, -0.2) is 33.9 Å². The van der Waals surface area contributed by atoms with Gasteiger partial charge in [-0.25, -0.2) is 4.79 Å². The summed E-state index contributed by atoms with van der Waals surface area (Å²) in [7, 11) is 0. The van der Waals surface area contributed by atoms with E-state index in [1.54, 1.807) is 22.0 Å². The van der Waals surface area contributed by atoms with Crippen molar-refractivity contribution in [2.45, 2.75) is 39.2 Å². The molecule has 0 radical (unpaired) electrons. The van der Waals surface area contributed by atoms with Crippen molar-refractivity contribution in [2.75, 3.05) is 13.1 Å². The Kier molecular flexibility index (Phi) is 3.09. The zero-order valence-corrected chi connectivity index (χ0v) is 10.6. The molecule has 17 heavy (non-hydrogen) atoms. The van der Waals surface area contributed by atoms with Gasteiger partial charge in [0.1, 0.15) is 0 Å². The minimum atomic E-state index is -0.268. The average Bonchev–Trinajstić information content (AvgIpc) is 2.85. The van der Waals surface area contributed by atoms with Crippen molar-refractivity contribution in [3.05, 3.63) is 12.4 Å². The Morgan fingerprint density at radius 1 is 1.35 bits per heavy atom. The van der Waals surface area contributed by atoms with E-state index >= 15 is 0 Å². The summed E-state index contributed by atoms with van der Waals surface area (Å²) in [4.78, 5) is 13.5. The minimum Gasteiger partial charge on any atom is -0.407 e. The van der Waals surface area contributed by atoms with Crippen LogP contribution in [0.5, 0.6) is 5.75 Å². The molecule has 1 aromatic heterocycles. The third kappa shape index (κ3) is 2.78. The number of amides is 1. The first-order valence-corrected chi connectivity index (χ1v) is 5.99. The van der Waals surface area contributed by atoms with Gasteiger partial charge in [0.25, 0.3) is 0 Å². The fourth-order valence-corrected chi connectivity index (χ4v) is 1.79. The number of carbonyl (C=O) groups is 1. The van der Waals surface area contributed by atoms with E-state index in [9.17, 15) is 4.79 Å². The van der Waals surface area contributed by atoms with Crippen molar-refractivity contribution in [2.24, 2.45) is 0 Å². The lowest BCUT2D eigenvalue weighted by atomic mass is 10.1. The Bertz CT molecular complexity index is 400. The molecule has 0 atom stereocenters. The molecule has 1 amide bonds. The number of hydrogen-bond donors (Lipinski definition) is 0. The summed E-state index contributed by atoms with van der Waals surface area (Å²) < 4.78 is 7.07. The van der Waals surface area contributed by atoms with Crippen molar-refractivity contribution in [3.8, 4) is 5.75 Å². The molecular weight excluding hydrogens is 218 g/mol. The molecule has 0 unspecified atom stereocenters. The molecule has 2 rings (SSSR count). The van der Waals surface area contributed by atoms with Gasteiger partial charge in [-0.15, -0.1) is 0 Å². The first kappa shape index (κ1) is 12.0. The largest absolute Gasteiger partial charge is 0.415 e. The molecular formula is C12H19N3O2. The predicted molar refractivity (Wildman–Crippen MR) is 64.1 cm³/mol. The molecule has 0 N–H and O–H groups in total. The predicted octanol–water partition coefficient (Wildman–Crippen LogP) is 2.23. The summed E-state index contributed by atoms with van der Waals surface area (Å²) in [5, 5.41) is 4.19. The van der Waals surface area contributed by atoms with Gasteiger partial charge in [-0.3, -0.25) is 4.68 Å². The second kappa shape index (κ2) is 4.39. The number of hydrogen-bond acceptors (Lipinski definition) is 3. The minimum absolute atomic E-state index is 0.0989. The standard InChI is InChI=1S/C12H19N3O2/c1-12(2,3)15-9-10(8-13-15)17-11(16)14-6-4-5-7-14/h8-9H,4-7H2,1-3H3. The highest BCUT2D eigenvalue weighted by Crippen LogP contribution is 2.18. The summed E-state index contributed by atoms with van der Waals surface area (Å²) in [6.45, 7) is 7.74. The Morgan fingerprint density at radius 3 is 2.53 bits per heavy atom. The van der Waals surface area contributed by atoms with Gasteiger partial charge < -0.3 is 9.64 Å². The highest BCUT2D eigenvalue weighted by atomic mass is 16.6. The van der Waals surface area contributed by atoms with Crippen molar-refractivity contribution in [1.82, 2.24) is 14.7 Å². The molecule has 0 aliphatic carbocycles. The van der Waals surface area contributed by atoms with E-state index in [0.717, 1.165) is 25.9 Å². The molecule has 0 saturated carbocycles. The van der Waals surface area contributed by atoms with E-state index in [-0.39, 0.29) is 11.6 Å². The lowest BCUT2D eigenvalue weighted by molar-refractivity contribution is 0.162. The maximum atomic E-state index is 11.7. The van der Waals surface area contributed by atoms with Crippen molar-refractivity contribution in [1.29, 1.82) is 0 Å². The molecule has 1 aromatic rings. The second-order valence-electron chi connectivity index (χ2n) is 5.35. The van der Waals surface area contributed by atoms with E-state index in [1.165, 1.54) is 0 Å². The molecule has 1 aliphatic heterocycles. The molecule has 0 spiro atoms. The van der Waals surface area contributed by atoms with Gasteiger partial charge in [0.2, 0.25) is 0 Å². The van der Waals surface area contributed by atoms with Crippen LogP contribution in [0.1, 0.15) is 33.6 Å². The van der Waals surface area contributed by atoms with Crippen LogP contribution in [0.15, 0.2) is 12.4 Å². The van der Waals surface area contributed by atoms with Crippen LogP contribution in [0.25, 0.3) is 0 Å². The van der Waals surface area contributed by atoms with Crippen LogP contribution in [0.4, 0.5) is 4.79 Å². The molecule has 94 valence electrons. The van der Waals surface area contributed by atoms with Crippen molar-refractivity contribution >= 4 is 6.09 Å². The van der Waals surface area contributed by atoms with E-state index in [2.05, 4.69) is 5.10 Å². The third-order valence-electron chi connectivity index (χ3n) is 2.82. The maximum Gasteiger partial charge on any atom is 0.415 e. The number of ether oxygens (including phenoxy) is 1. The topological polar surface area (TPSA) is 47.4 Å². The first-order valence-electron chi connectivity index (χ1n) is 5.99. The SMILES string of the molecule is CC(C)(C)n1cc(OC(=O)N2CCCC2)cn1. The summed E-state index contributed by atoms with van der Waals surface area (Å²) in [6, 6.07) is 0. The molecule has 5 heteroatoms.